The number of carbonyl (C=O) groups is 1. The van der Waals surface area contributed by atoms with Crippen molar-refractivity contribution in [1.82, 2.24) is 14.9 Å². The summed E-state index contributed by atoms with van der Waals surface area (Å²) in [7, 11) is 1.51. The average Bonchev–Trinajstić information content (AvgIpc) is 2.75. The predicted octanol–water partition coefficient (Wildman–Crippen LogP) is 1.95. The van der Waals surface area contributed by atoms with E-state index < -0.39 is 0 Å². The molecule has 0 spiro atoms. The monoisotopic (exact) mass is 275 g/mol. The molecule has 0 aliphatic carbocycles. The normalized spacial score (nSPS) is 11.2. The topological polar surface area (TPSA) is 56.1 Å². The van der Waals surface area contributed by atoms with Crippen LogP contribution >= 0.6 is 0 Å². The van der Waals surface area contributed by atoms with Gasteiger partial charge in [-0.2, -0.15) is 0 Å². The molecule has 0 atom stereocenters. The number of hydrogen-bond donors (Lipinski definition) is 1. The molecule has 0 saturated carbocycles. The molecule has 20 heavy (non-hydrogen) atoms. The van der Waals surface area contributed by atoms with Gasteiger partial charge >= 0.3 is 0 Å². The number of methoxy groups -OCH3 is 1. The Hall–Kier alpha value is -1.88. The minimum atomic E-state index is -0.129. The molecule has 0 unspecified atom stereocenters. The largest absolute Gasteiger partial charge is 0.375 e. The molecule has 0 saturated heterocycles. The number of amides is 1. The van der Waals surface area contributed by atoms with Gasteiger partial charge in [0.2, 0.25) is 5.91 Å². The van der Waals surface area contributed by atoms with E-state index in [1.165, 1.54) is 7.11 Å². The van der Waals surface area contributed by atoms with Crippen LogP contribution in [0.2, 0.25) is 0 Å². The zero-order valence-corrected chi connectivity index (χ0v) is 12.2. The lowest BCUT2D eigenvalue weighted by Crippen LogP contribution is -2.28. The van der Waals surface area contributed by atoms with Crippen LogP contribution in [0.25, 0.3) is 11.0 Å². The highest BCUT2D eigenvalue weighted by Gasteiger charge is 2.12. The minimum Gasteiger partial charge on any atom is -0.375 e. The molecule has 108 valence electrons. The maximum Gasteiger partial charge on any atom is 0.246 e. The molecule has 2 rings (SSSR count). The van der Waals surface area contributed by atoms with Crippen LogP contribution < -0.4 is 5.32 Å². The van der Waals surface area contributed by atoms with Crippen molar-refractivity contribution in [3.8, 4) is 0 Å². The van der Waals surface area contributed by atoms with Crippen LogP contribution in [-0.2, 0) is 22.6 Å². The lowest BCUT2D eigenvalue weighted by Gasteiger charge is -2.12. The molecule has 5 heteroatoms. The van der Waals surface area contributed by atoms with Crippen LogP contribution in [0.4, 0.5) is 0 Å². The molecule has 0 aliphatic heterocycles. The van der Waals surface area contributed by atoms with Crippen molar-refractivity contribution < 1.29 is 9.53 Å². The highest BCUT2D eigenvalue weighted by molar-refractivity contribution is 5.78. The molecule has 2 aromatic rings. The molecule has 0 radical (unpaired) electrons. The second-order valence-electron chi connectivity index (χ2n) is 5.23. The molecule has 0 bridgehead atoms. The summed E-state index contributed by atoms with van der Waals surface area (Å²) in [5.74, 6) is 1.26. The molecule has 1 N–H and O–H groups in total. The Morgan fingerprint density at radius 2 is 2.15 bits per heavy atom. The molecule has 1 amide bonds. The number of nitrogens with zero attached hydrogens (tertiary/aromatic N) is 2. The van der Waals surface area contributed by atoms with Gasteiger partial charge in [0.05, 0.1) is 17.6 Å². The van der Waals surface area contributed by atoms with Crippen molar-refractivity contribution in [3.63, 3.8) is 0 Å². The van der Waals surface area contributed by atoms with Gasteiger partial charge in [0.1, 0.15) is 12.4 Å². The Balaban J connectivity index is 2.24. The second kappa shape index (κ2) is 6.52. The van der Waals surface area contributed by atoms with Crippen molar-refractivity contribution in [3.05, 3.63) is 30.1 Å². The van der Waals surface area contributed by atoms with Gasteiger partial charge in [0.15, 0.2) is 0 Å². The Labute approximate surface area is 118 Å². The van der Waals surface area contributed by atoms with Gasteiger partial charge in [0.25, 0.3) is 0 Å². The first-order valence-electron chi connectivity index (χ1n) is 6.81. The van der Waals surface area contributed by atoms with E-state index in [2.05, 4.69) is 34.8 Å². The summed E-state index contributed by atoms with van der Waals surface area (Å²) >= 11 is 0. The molecule has 1 heterocycles. The standard InChI is InChI=1S/C15H21N3O2/c1-11(2)9-18-13-7-5-4-6-12(13)17-14(18)8-16-15(19)10-20-3/h4-7,11H,8-10H2,1-3H3,(H,16,19). The van der Waals surface area contributed by atoms with Gasteiger partial charge < -0.3 is 14.6 Å². The Morgan fingerprint density at radius 3 is 2.85 bits per heavy atom. The number of benzene rings is 1. The summed E-state index contributed by atoms with van der Waals surface area (Å²) < 4.78 is 6.98. The SMILES string of the molecule is COCC(=O)NCc1nc2ccccc2n1CC(C)C. The van der Waals surface area contributed by atoms with Crippen LogP contribution in [0.5, 0.6) is 0 Å². The summed E-state index contributed by atoms with van der Waals surface area (Å²) in [4.78, 5) is 16.1. The maximum atomic E-state index is 11.5. The van der Waals surface area contributed by atoms with E-state index in [-0.39, 0.29) is 12.5 Å². The van der Waals surface area contributed by atoms with Gasteiger partial charge in [-0.15, -0.1) is 0 Å². The van der Waals surface area contributed by atoms with Crippen molar-refractivity contribution in [2.24, 2.45) is 5.92 Å². The van der Waals surface area contributed by atoms with Gasteiger partial charge in [-0.3, -0.25) is 4.79 Å². The number of imidazole rings is 1. The van der Waals surface area contributed by atoms with E-state index in [9.17, 15) is 4.79 Å². The summed E-state index contributed by atoms with van der Waals surface area (Å²) in [5, 5.41) is 2.83. The van der Waals surface area contributed by atoms with Gasteiger partial charge in [-0.25, -0.2) is 4.98 Å². The zero-order valence-electron chi connectivity index (χ0n) is 12.2. The highest BCUT2D eigenvalue weighted by atomic mass is 16.5. The van der Waals surface area contributed by atoms with Crippen molar-refractivity contribution >= 4 is 16.9 Å². The Morgan fingerprint density at radius 1 is 1.40 bits per heavy atom. The van der Waals surface area contributed by atoms with Gasteiger partial charge in [0, 0.05) is 13.7 Å². The Kier molecular flexibility index (Phi) is 4.74. The van der Waals surface area contributed by atoms with Crippen molar-refractivity contribution in [1.29, 1.82) is 0 Å². The summed E-state index contributed by atoms with van der Waals surface area (Å²) in [6.07, 6.45) is 0. The number of ether oxygens (including phenoxy) is 1. The van der Waals surface area contributed by atoms with E-state index in [1.54, 1.807) is 0 Å². The molecule has 0 fully saturated rings. The fourth-order valence-electron chi connectivity index (χ4n) is 2.19. The number of nitrogens with one attached hydrogen (secondary N) is 1. The molecule has 0 aliphatic rings. The number of para-hydroxylation sites is 2. The molecule has 5 nitrogen and oxygen atoms in total. The minimum absolute atomic E-state index is 0.0738. The smallest absolute Gasteiger partial charge is 0.246 e. The fourth-order valence-corrected chi connectivity index (χ4v) is 2.19. The third-order valence-corrected chi connectivity index (χ3v) is 3.00. The maximum absolute atomic E-state index is 11.5. The van der Waals surface area contributed by atoms with Crippen molar-refractivity contribution in [2.45, 2.75) is 26.9 Å². The predicted molar refractivity (Wildman–Crippen MR) is 78.3 cm³/mol. The number of aromatic nitrogens is 2. The van der Waals surface area contributed by atoms with Crippen LogP contribution in [-0.4, -0.2) is 29.2 Å². The number of fused-ring (bicyclic) bond motifs is 1. The second-order valence-corrected chi connectivity index (χ2v) is 5.23. The van der Waals surface area contributed by atoms with Gasteiger partial charge in [-0.1, -0.05) is 26.0 Å². The highest BCUT2D eigenvalue weighted by Crippen LogP contribution is 2.17. The van der Waals surface area contributed by atoms with Crippen molar-refractivity contribution in [2.75, 3.05) is 13.7 Å². The fraction of sp³-hybridized carbons (Fsp3) is 0.467. The third-order valence-electron chi connectivity index (χ3n) is 3.00. The van der Waals surface area contributed by atoms with Crippen LogP contribution in [0.3, 0.4) is 0 Å². The van der Waals surface area contributed by atoms with E-state index in [0.29, 0.717) is 12.5 Å². The Bertz CT molecular complexity index is 590. The third kappa shape index (κ3) is 3.36. The quantitative estimate of drug-likeness (QED) is 0.876. The summed E-state index contributed by atoms with van der Waals surface area (Å²) in [6.45, 7) is 5.72. The molecular weight excluding hydrogens is 254 g/mol. The lowest BCUT2D eigenvalue weighted by molar-refractivity contribution is -0.124. The average molecular weight is 275 g/mol. The number of carbonyl (C=O) groups excluding carboxylic acids is 1. The molecule has 1 aromatic carbocycles. The first-order chi connectivity index (χ1) is 9.61. The first-order valence-corrected chi connectivity index (χ1v) is 6.81. The van der Waals surface area contributed by atoms with E-state index in [0.717, 1.165) is 23.4 Å². The number of rotatable bonds is 6. The van der Waals surface area contributed by atoms with Crippen LogP contribution in [0.15, 0.2) is 24.3 Å². The summed E-state index contributed by atoms with van der Waals surface area (Å²) in [6, 6.07) is 8.04. The van der Waals surface area contributed by atoms with Gasteiger partial charge in [-0.05, 0) is 18.1 Å². The zero-order chi connectivity index (χ0) is 14.5. The first kappa shape index (κ1) is 14.5. The summed E-state index contributed by atoms with van der Waals surface area (Å²) in [5.41, 5.74) is 2.07. The molecule has 1 aromatic heterocycles. The molecular formula is C15H21N3O2. The number of hydrogen-bond acceptors (Lipinski definition) is 3. The van der Waals surface area contributed by atoms with Crippen LogP contribution in [0.1, 0.15) is 19.7 Å². The van der Waals surface area contributed by atoms with E-state index in [1.807, 2.05) is 18.2 Å². The van der Waals surface area contributed by atoms with E-state index in [4.69, 9.17) is 4.74 Å². The lowest BCUT2D eigenvalue weighted by atomic mass is 10.2. The van der Waals surface area contributed by atoms with E-state index >= 15 is 0 Å². The van der Waals surface area contributed by atoms with Crippen LogP contribution in [0, 0.1) is 5.92 Å².